The summed E-state index contributed by atoms with van der Waals surface area (Å²) in [6.07, 6.45) is 3.75. The minimum atomic E-state index is 0.837. The topological polar surface area (TPSA) is 30.7 Å². The van der Waals surface area contributed by atoms with Gasteiger partial charge in [0.25, 0.3) is 0 Å². The van der Waals surface area contributed by atoms with Crippen molar-refractivity contribution in [2.75, 3.05) is 0 Å². The fourth-order valence-corrected chi connectivity index (χ4v) is 1.79. The molecule has 0 aliphatic heterocycles. The summed E-state index contributed by atoms with van der Waals surface area (Å²) in [5.41, 5.74) is 2.98. The first-order valence-electron chi connectivity index (χ1n) is 3.72. The van der Waals surface area contributed by atoms with E-state index in [0.717, 1.165) is 12.2 Å². The fraction of sp³-hybridized carbons (Fsp3) is 0.250. The van der Waals surface area contributed by atoms with Crippen LogP contribution < -0.4 is 0 Å². The Morgan fingerprint density at radius 2 is 2.50 bits per heavy atom. The molecule has 2 aromatic heterocycles. The molecule has 0 bridgehead atoms. The molecule has 62 valence electrons. The Balaban J connectivity index is 2.20. The van der Waals surface area contributed by atoms with Gasteiger partial charge in [0.2, 0.25) is 0 Å². The molecule has 0 N–H and O–H groups in total. The second-order valence-corrected chi connectivity index (χ2v) is 3.50. The maximum atomic E-state index is 4.17. The maximum Gasteiger partial charge on any atom is 0.0798 e. The van der Waals surface area contributed by atoms with Crippen LogP contribution in [-0.4, -0.2) is 14.8 Å². The minimum Gasteiger partial charge on any atom is -0.267 e. The lowest BCUT2D eigenvalue weighted by Gasteiger charge is -1.97. The highest BCUT2D eigenvalue weighted by molar-refractivity contribution is 7.09. The lowest BCUT2D eigenvalue weighted by molar-refractivity contribution is 0.691. The van der Waals surface area contributed by atoms with Crippen LogP contribution in [0.1, 0.15) is 10.6 Å². The molecular weight excluding hydrogens is 170 g/mol. The third-order valence-electron chi connectivity index (χ3n) is 1.71. The van der Waals surface area contributed by atoms with E-state index in [1.165, 1.54) is 4.88 Å². The first kappa shape index (κ1) is 7.49. The number of rotatable bonds is 2. The number of aromatic nitrogens is 3. The van der Waals surface area contributed by atoms with E-state index in [1.807, 2.05) is 29.4 Å². The largest absolute Gasteiger partial charge is 0.267 e. The van der Waals surface area contributed by atoms with Gasteiger partial charge in [0.15, 0.2) is 0 Å². The van der Waals surface area contributed by atoms with E-state index in [-0.39, 0.29) is 0 Å². The predicted octanol–water partition coefficient (Wildman–Crippen LogP) is 1.70. The van der Waals surface area contributed by atoms with Gasteiger partial charge >= 0.3 is 0 Å². The molecule has 0 fully saturated rings. The van der Waals surface area contributed by atoms with Crippen LogP contribution in [0.2, 0.25) is 0 Å². The monoisotopic (exact) mass is 179 g/mol. The number of hydrogen-bond acceptors (Lipinski definition) is 3. The normalized spacial score (nSPS) is 10.4. The molecule has 3 nitrogen and oxygen atoms in total. The minimum absolute atomic E-state index is 0.837. The summed E-state index contributed by atoms with van der Waals surface area (Å²) in [5.74, 6) is 0. The molecule has 2 rings (SSSR count). The van der Waals surface area contributed by atoms with Gasteiger partial charge in [-0.3, -0.25) is 4.68 Å². The number of nitrogens with zero attached hydrogens (tertiary/aromatic N) is 3. The predicted molar refractivity (Wildman–Crippen MR) is 48.2 cm³/mol. The van der Waals surface area contributed by atoms with E-state index in [4.69, 9.17) is 0 Å². The van der Waals surface area contributed by atoms with Crippen LogP contribution in [0.5, 0.6) is 0 Å². The molecule has 0 amide bonds. The molecule has 2 heterocycles. The number of thiazole rings is 1. The van der Waals surface area contributed by atoms with Crippen molar-refractivity contribution in [3.05, 3.63) is 34.5 Å². The average Bonchev–Trinajstić information content (AvgIpc) is 2.65. The lowest BCUT2D eigenvalue weighted by Crippen LogP contribution is -1.98. The second kappa shape index (κ2) is 3.06. The smallest absolute Gasteiger partial charge is 0.0798 e. The SMILES string of the molecule is Cc1ncsc1Cn1cccn1. The molecule has 0 aliphatic carbocycles. The molecule has 2 aromatic rings. The molecule has 0 unspecified atom stereocenters. The van der Waals surface area contributed by atoms with Gasteiger partial charge in [-0.05, 0) is 13.0 Å². The van der Waals surface area contributed by atoms with E-state index in [9.17, 15) is 0 Å². The first-order valence-corrected chi connectivity index (χ1v) is 4.60. The van der Waals surface area contributed by atoms with Crippen LogP contribution in [0.15, 0.2) is 24.0 Å². The summed E-state index contributed by atoms with van der Waals surface area (Å²) in [5, 5.41) is 4.13. The third-order valence-corrected chi connectivity index (χ3v) is 2.63. The van der Waals surface area contributed by atoms with Gasteiger partial charge in [0.1, 0.15) is 0 Å². The summed E-state index contributed by atoms with van der Waals surface area (Å²) < 4.78 is 1.90. The molecule has 0 aromatic carbocycles. The Bertz CT molecular complexity index is 350. The summed E-state index contributed by atoms with van der Waals surface area (Å²) in [4.78, 5) is 5.45. The Morgan fingerprint density at radius 1 is 1.58 bits per heavy atom. The van der Waals surface area contributed by atoms with Gasteiger partial charge in [-0.15, -0.1) is 11.3 Å². The third kappa shape index (κ3) is 1.38. The molecule has 12 heavy (non-hydrogen) atoms. The van der Waals surface area contributed by atoms with E-state index in [1.54, 1.807) is 17.5 Å². The van der Waals surface area contributed by atoms with Crippen LogP contribution in [-0.2, 0) is 6.54 Å². The zero-order chi connectivity index (χ0) is 8.39. The van der Waals surface area contributed by atoms with E-state index in [0.29, 0.717) is 0 Å². The summed E-state index contributed by atoms with van der Waals surface area (Å²) >= 11 is 1.68. The standard InChI is InChI=1S/C8H9N3S/c1-7-8(12-6-9-7)5-11-4-2-3-10-11/h2-4,6H,5H2,1H3. The molecule has 0 saturated carbocycles. The van der Waals surface area contributed by atoms with Gasteiger partial charge < -0.3 is 0 Å². The highest BCUT2D eigenvalue weighted by Gasteiger charge is 2.01. The molecule has 0 spiro atoms. The van der Waals surface area contributed by atoms with Gasteiger partial charge in [0, 0.05) is 17.3 Å². The zero-order valence-corrected chi connectivity index (χ0v) is 7.58. The van der Waals surface area contributed by atoms with Crippen molar-refractivity contribution in [2.24, 2.45) is 0 Å². The molecule has 0 atom stereocenters. The van der Waals surface area contributed by atoms with Crippen LogP contribution in [0, 0.1) is 6.92 Å². The quantitative estimate of drug-likeness (QED) is 0.702. The Labute approximate surface area is 74.7 Å². The van der Waals surface area contributed by atoms with Crippen molar-refractivity contribution in [1.29, 1.82) is 0 Å². The van der Waals surface area contributed by atoms with Crippen LogP contribution in [0.25, 0.3) is 0 Å². The molecule has 0 aliphatic rings. The Hall–Kier alpha value is -1.16. The van der Waals surface area contributed by atoms with Crippen molar-refractivity contribution in [1.82, 2.24) is 14.8 Å². The van der Waals surface area contributed by atoms with Crippen molar-refractivity contribution in [3.8, 4) is 0 Å². The molecule has 0 radical (unpaired) electrons. The van der Waals surface area contributed by atoms with E-state index in [2.05, 4.69) is 10.1 Å². The van der Waals surface area contributed by atoms with Crippen molar-refractivity contribution in [3.63, 3.8) is 0 Å². The van der Waals surface area contributed by atoms with E-state index < -0.39 is 0 Å². The van der Waals surface area contributed by atoms with Gasteiger partial charge in [-0.1, -0.05) is 0 Å². The number of hydrogen-bond donors (Lipinski definition) is 0. The molecular formula is C8H9N3S. The van der Waals surface area contributed by atoms with E-state index >= 15 is 0 Å². The van der Waals surface area contributed by atoms with Crippen LogP contribution in [0.4, 0.5) is 0 Å². The fourth-order valence-electron chi connectivity index (χ4n) is 1.02. The van der Waals surface area contributed by atoms with Crippen molar-refractivity contribution < 1.29 is 0 Å². The van der Waals surface area contributed by atoms with Crippen molar-refractivity contribution >= 4 is 11.3 Å². The molecule has 0 saturated heterocycles. The number of aryl methyl sites for hydroxylation is 1. The summed E-state index contributed by atoms with van der Waals surface area (Å²) in [6, 6.07) is 1.93. The highest BCUT2D eigenvalue weighted by atomic mass is 32.1. The first-order chi connectivity index (χ1) is 5.86. The summed E-state index contributed by atoms with van der Waals surface area (Å²) in [6.45, 7) is 2.86. The highest BCUT2D eigenvalue weighted by Crippen LogP contribution is 2.12. The second-order valence-electron chi connectivity index (χ2n) is 2.56. The van der Waals surface area contributed by atoms with Crippen molar-refractivity contribution in [2.45, 2.75) is 13.5 Å². The summed E-state index contributed by atoms with van der Waals surface area (Å²) in [7, 11) is 0. The average molecular weight is 179 g/mol. The lowest BCUT2D eigenvalue weighted by atomic mass is 10.4. The van der Waals surface area contributed by atoms with Crippen LogP contribution >= 0.6 is 11.3 Å². The molecule has 4 heteroatoms. The van der Waals surface area contributed by atoms with Gasteiger partial charge in [-0.25, -0.2) is 4.98 Å². The van der Waals surface area contributed by atoms with Gasteiger partial charge in [0.05, 0.1) is 17.7 Å². The Morgan fingerprint density at radius 3 is 3.08 bits per heavy atom. The maximum absolute atomic E-state index is 4.17. The van der Waals surface area contributed by atoms with Crippen LogP contribution in [0.3, 0.4) is 0 Å². The Kier molecular flexibility index (Phi) is 1.91. The zero-order valence-electron chi connectivity index (χ0n) is 6.77. The van der Waals surface area contributed by atoms with Gasteiger partial charge in [-0.2, -0.15) is 5.10 Å².